The van der Waals surface area contributed by atoms with Crippen molar-refractivity contribution in [3.63, 3.8) is 0 Å². The molecular formula is C20H22ClN5O. The molecule has 0 saturated carbocycles. The number of aromatic nitrogens is 4. The molecule has 0 bridgehead atoms. The van der Waals surface area contributed by atoms with Crippen molar-refractivity contribution in [3.05, 3.63) is 67.9 Å². The first-order valence-electron chi connectivity index (χ1n) is 9.02. The number of nitrogens with zero attached hydrogens (tertiary/aromatic N) is 4. The summed E-state index contributed by atoms with van der Waals surface area (Å²) < 4.78 is 1.91. The van der Waals surface area contributed by atoms with Crippen molar-refractivity contribution in [2.75, 3.05) is 6.54 Å². The molecule has 6 nitrogen and oxygen atoms in total. The highest BCUT2D eigenvalue weighted by Crippen LogP contribution is 2.22. The third kappa shape index (κ3) is 3.42. The Kier molecular flexibility index (Phi) is 4.61. The predicted octanol–water partition coefficient (Wildman–Crippen LogP) is 3.00. The highest BCUT2D eigenvalue weighted by Gasteiger charge is 2.23. The van der Waals surface area contributed by atoms with Crippen LogP contribution in [0.5, 0.6) is 0 Å². The van der Waals surface area contributed by atoms with E-state index in [2.05, 4.69) is 21.9 Å². The van der Waals surface area contributed by atoms with Crippen LogP contribution in [-0.4, -0.2) is 31.2 Å². The van der Waals surface area contributed by atoms with Gasteiger partial charge in [0.15, 0.2) is 0 Å². The fourth-order valence-corrected chi connectivity index (χ4v) is 3.76. The van der Waals surface area contributed by atoms with Crippen molar-refractivity contribution >= 4 is 11.6 Å². The van der Waals surface area contributed by atoms with E-state index >= 15 is 0 Å². The number of nitrogens with one attached hydrogen (secondary N) is 1. The van der Waals surface area contributed by atoms with Crippen molar-refractivity contribution in [3.8, 4) is 11.4 Å². The van der Waals surface area contributed by atoms with Crippen molar-refractivity contribution in [2.45, 2.75) is 33.4 Å². The lowest BCUT2D eigenvalue weighted by Gasteiger charge is -2.27. The minimum atomic E-state index is -0.0609. The molecule has 1 N–H and O–H groups in total. The summed E-state index contributed by atoms with van der Waals surface area (Å²) in [4.78, 5) is 22.6. The summed E-state index contributed by atoms with van der Waals surface area (Å²) in [6.45, 7) is 6.39. The topological polar surface area (TPSA) is 66.8 Å². The minimum absolute atomic E-state index is 0.0609. The molecule has 3 aromatic rings. The summed E-state index contributed by atoms with van der Waals surface area (Å²) in [6.07, 6.45) is 0.762. The molecular weight excluding hydrogens is 362 g/mol. The number of aromatic amines is 1. The molecule has 2 aromatic heterocycles. The number of H-pyrrole nitrogens is 1. The molecule has 0 saturated heterocycles. The normalized spacial score (nSPS) is 14.4. The largest absolute Gasteiger partial charge is 0.306 e. The minimum Gasteiger partial charge on any atom is -0.306 e. The Morgan fingerprint density at radius 1 is 1.22 bits per heavy atom. The van der Waals surface area contributed by atoms with Gasteiger partial charge in [0.1, 0.15) is 5.82 Å². The van der Waals surface area contributed by atoms with Crippen LogP contribution in [0.4, 0.5) is 0 Å². The summed E-state index contributed by atoms with van der Waals surface area (Å²) in [6, 6.07) is 7.35. The molecule has 4 rings (SSSR count). The van der Waals surface area contributed by atoms with Gasteiger partial charge in [0.05, 0.1) is 17.0 Å². The Labute approximate surface area is 162 Å². The Morgan fingerprint density at radius 3 is 2.63 bits per heavy atom. The van der Waals surface area contributed by atoms with Gasteiger partial charge in [-0.3, -0.25) is 14.4 Å². The Bertz CT molecular complexity index is 1050. The van der Waals surface area contributed by atoms with Crippen LogP contribution in [0.15, 0.2) is 29.1 Å². The van der Waals surface area contributed by atoms with Crippen molar-refractivity contribution in [1.82, 2.24) is 24.6 Å². The van der Waals surface area contributed by atoms with E-state index in [0.717, 1.165) is 42.0 Å². The first-order valence-corrected chi connectivity index (χ1v) is 9.39. The van der Waals surface area contributed by atoms with E-state index < -0.39 is 0 Å². The zero-order valence-electron chi connectivity index (χ0n) is 15.7. The molecule has 1 aliphatic heterocycles. The Morgan fingerprint density at radius 2 is 1.96 bits per heavy atom. The van der Waals surface area contributed by atoms with Crippen LogP contribution in [0.3, 0.4) is 0 Å². The van der Waals surface area contributed by atoms with Crippen LogP contribution in [0.1, 0.15) is 28.2 Å². The summed E-state index contributed by atoms with van der Waals surface area (Å²) >= 11 is 5.95. The second-order valence-electron chi connectivity index (χ2n) is 7.08. The molecule has 0 radical (unpaired) electrons. The van der Waals surface area contributed by atoms with Crippen LogP contribution in [0.2, 0.25) is 5.02 Å². The van der Waals surface area contributed by atoms with Crippen molar-refractivity contribution in [2.24, 2.45) is 7.05 Å². The fourth-order valence-electron chi connectivity index (χ4n) is 3.63. The molecule has 0 amide bonds. The monoisotopic (exact) mass is 383 g/mol. The summed E-state index contributed by atoms with van der Waals surface area (Å²) in [7, 11) is 1.96. The number of hydrogen-bond donors (Lipinski definition) is 1. The van der Waals surface area contributed by atoms with Gasteiger partial charge >= 0.3 is 0 Å². The van der Waals surface area contributed by atoms with E-state index in [0.29, 0.717) is 17.4 Å². The Balaban J connectivity index is 1.60. The number of rotatable bonds is 3. The van der Waals surface area contributed by atoms with Crippen LogP contribution in [0, 0.1) is 13.8 Å². The van der Waals surface area contributed by atoms with E-state index in [1.54, 1.807) is 12.1 Å². The second-order valence-corrected chi connectivity index (χ2v) is 7.52. The molecule has 0 unspecified atom stereocenters. The first kappa shape index (κ1) is 17.9. The average molecular weight is 384 g/mol. The van der Waals surface area contributed by atoms with Gasteiger partial charge in [-0.2, -0.15) is 5.10 Å². The van der Waals surface area contributed by atoms with E-state index in [9.17, 15) is 4.79 Å². The van der Waals surface area contributed by atoms with E-state index in [-0.39, 0.29) is 5.56 Å². The molecule has 140 valence electrons. The van der Waals surface area contributed by atoms with Gasteiger partial charge in [0.2, 0.25) is 0 Å². The van der Waals surface area contributed by atoms with Crippen molar-refractivity contribution in [1.29, 1.82) is 0 Å². The second kappa shape index (κ2) is 6.94. The first-order chi connectivity index (χ1) is 12.9. The molecule has 27 heavy (non-hydrogen) atoms. The van der Waals surface area contributed by atoms with Crippen LogP contribution >= 0.6 is 11.6 Å². The number of fused-ring (bicyclic) bond motifs is 1. The van der Waals surface area contributed by atoms with Gasteiger partial charge < -0.3 is 4.98 Å². The highest BCUT2D eigenvalue weighted by atomic mass is 35.5. The zero-order valence-corrected chi connectivity index (χ0v) is 16.5. The smallest absolute Gasteiger partial charge is 0.255 e. The molecule has 0 spiro atoms. The third-order valence-electron chi connectivity index (χ3n) is 5.31. The average Bonchev–Trinajstić information content (AvgIpc) is 2.89. The molecule has 3 heterocycles. The maximum atomic E-state index is 12.7. The predicted molar refractivity (Wildman–Crippen MR) is 106 cm³/mol. The van der Waals surface area contributed by atoms with E-state index in [4.69, 9.17) is 16.6 Å². The number of benzene rings is 1. The molecule has 7 heteroatoms. The number of aryl methyl sites for hydroxylation is 2. The fraction of sp³-hybridized carbons (Fsp3) is 0.350. The maximum absolute atomic E-state index is 12.7. The third-order valence-corrected chi connectivity index (χ3v) is 5.56. The molecule has 1 aliphatic rings. The van der Waals surface area contributed by atoms with E-state index in [1.807, 2.05) is 30.8 Å². The lowest BCUT2D eigenvalue weighted by Crippen LogP contribution is -2.35. The lowest BCUT2D eigenvalue weighted by molar-refractivity contribution is 0.241. The number of hydrogen-bond acceptors (Lipinski definition) is 4. The van der Waals surface area contributed by atoms with Gasteiger partial charge in [-0.25, -0.2) is 4.98 Å². The van der Waals surface area contributed by atoms with E-state index in [1.165, 1.54) is 11.3 Å². The summed E-state index contributed by atoms with van der Waals surface area (Å²) in [5, 5.41) is 5.15. The zero-order chi connectivity index (χ0) is 19.1. The van der Waals surface area contributed by atoms with Crippen LogP contribution in [0.25, 0.3) is 11.4 Å². The van der Waals surface area contributed by atoms with Crippen molar-refractivity contribution < 1.29 is 0 Å². The number of halogens is 1. The lowest BCUT2D eigenvalue weighted by atomic mass is 10.0. The summed E-state index contributed by atoms with van der Waals surface area (Å²) in [5.74, 6) is 0.600. The van der Waals surface area contributed by atoms with Gasteiger partial charge in [-0.1, -0.05) is 11.6 Å². The summed E-state index contributed by atoms with van der Waals surface area (Å²) in [5.41, 5.74) is 5.91. The quantitative estimate of drug-likeness (QED) is 0.755. The molecule has 0 atom stereocenters. The SMILES string of the molecule is Cc1nn(C)c(C)c1CN1CCc2nc(-c3ccc(Cl)cc3)[nH]c(=O)c2C1. The standard InChI is InChI=1S/C20H22ClN5O/c1-12-16(13(2)25(3)24-12)10-26-9-8-18-17(11-26)20(27)23-19(22-18)14-4-6-15(21)7-5-14/h4-7H,8-11H2,1-3H3,(H,22,23,27). The van der Waals surface area contributed by atoms with Gasteiger partial charge in [0, 0.05) is 54.9 Å². The van der Waals surface area contributed by atoms with Crippen LogP contribution in [-0.2, 0) is 26.6 Å². The Hall–Kier alpha value is -2.44. The maximum Gasteiger partial charge on any atom is 0.255 e. The molecule has 0 aliphatic carbocycles. The van der Waals surface area contributed by atoms with Gasteiger partial charge in [-0.15, -0.1) is 0 Å². The van der Waals surface area contributed by atoms with Crippen LogP contribution < -0.4 is 5.56 Å². The molecule has 1 aromatic carbocycles. The molecule has 0 fully saturated rings. The van der Waals surface area contributed by atoms with Gasteiger partial charge in [-0.05, 0) is 38.1 Å². The van der Waals surface area contributed by atoms with Gasteiger partial charge in [0.25, 0.3) is 5.56 Å². The highest BCUT2D eigenvalue weighted by molar-refractivity contribution is 6.30.